The predicted molar refractivity (Wildman–Crippen MR) is 82.8 cm³/mol. The fraction of sp³-hybridized carbons (Fsp3) is 0.800. The minimum atomic E-state index is 0.156. The molecule has 1 unspecified atom stereocenters. The fourth-order valence-corrected chi connectivity index (χ4v) is 3.43. The van der Waals surface area contributed by atoms with E-state index in [0.717, 1.165) is 19.6 Å². The maximum atomic E-state index is 4.81. The van der Waals surface area contributed by atoms with E-state index in [2.05, 4.69) is 57.1 Å². The van der Waals surface area contributed by atoms with Crippen molar-refractivity contribution >= 4 is 11.3 Å². The van der Waals surface area contributed by atoms with Crippen molar-refractivity contribution in [3.63, 3.8) is 0 Å². The molecule has 0 aromatic carbocycles. The molecular weight excluding hydrogens is 254 g/mol. The van der Waals surface area contributed by atoms with Gasteiger partial charge < -0.3 is 5.32 Å². The monoisotopic (exact) mass is 281 g/mol. The molecule has 0 spiro atoms. The number of hydrogen-bond acceptors (Lipinski definition) is 4. The highest BCUT2D eigenvalue weighted by molar-refractivity contribution is 7.09. The Morgan fingerprint density at radius 2 is 2.16 bits per heavy atom. The summed E-state index contributed by atoms with van der Waals surface area (Å²) in [5.41, 5.74) is 1.58. The molecule has 1 fully saturated rings. The molecule has 1 aromatic rings. The number of piperazine rings is 1. The van der Waals surface area contributed by atoms with Gasteiger partial charge in [-0.3, -0.25) is 4.90 Å². The van der Waals surface area contributed by atoms with Gasteiger partial charge in [-0.25, -0.2) is 4.98 Å². The van der Waals surface area contributed by atoms with Gasteiger partial charge in [0.2, 0.25) is 0 Å². The van der Waals surface area contributed by atoms with Gasteiger partial charge in [0.1, 0.15) is 5.01 Å². The Balaban J connectivity index is 2.06. The van der Waals surface area contributed by atoms with Crippen molar-refractivity contribution < 1.29 is 0 Å². The van der Waals surface area contributed by atoms with Crippen molar-refractivity contribution in [2.24, 2.45) is 0 Å². The van der Waals surface area contributed by atoms with E-state index in [0.29, 0.717) is 6.04 Å². The van der Waals surface area contributed by atoms with Gasteiger partial charge in [-0.1, -0.05) is 20.8 Å². The molecule has 2 rings (SSSR count). The molecular formula is C15H27N3S. The lowest BCUT2D eigenvalue weighted by atomic mass is 9.93. The summed E-state index contributed by atoms with van der Waals surface area (Å²) in [6, 6.07) is 0.579. The van der Waals surface area contributed by atoms with Gasteiger partial charge in [0.15, 0.2) is 0 Å². The largest absolute Gasteiger partial charge is 0.309 e. The van der Waals surface area contributed by atoms with E-state index in [1.54, 1.807) is 11.3 Å². The SMILES string of the molecule is CC1CNC(C)(C)CN1Cc1nc(C(C)(C)C)cs1. The molecule has 108 valence electrons. The molecule has 0 amide bonds. The standard InChI is InChI=1S/C15H27N3S/c1-11-7-16-15(5,6)10-18(11)8-13-17-12(9-19-13)14(2,3)4/h9,11,16H,7-8,10H2,1-6H3. The zero-order chi connectivity index (χ0) is 14.3. The number of thiazole rings is 1. The van der Waals surface area contributed by atoms with Gasteiger partial charge in [0.05, 0.1) is 12.2 Å². The Morgan fingerprint density at radius 3 is 2.74 bits per heavy atom. The highest BCUT2D eigenvalue weighted by Gasteiger charge is 2.30. The first-order valence-corrected chi connectivity index (χ1v) is 7.99. The minimum Gasteiger partial charge on any atom is -0.309 e. The Hall–Kier alpha value is -0.450. The third-order valence-corrected chi connectivity index (χ3v) is 4.59. The molecule has 0 aliphatic carbocycles. The summed E-state index contributed by atoms with van der Waals surface area (Å²) in [5, 5.41) is 7.06. The molecule has 1 N–H and O–H groups in total. The van der Waals surface area contributed by atoms with Crippen molar-refractivity contribution in [3.05, 3.63) is 16.1 Å². The maximum absolute atomic E-state index is 4.81. The Bertz CT molecular complexity index is 431. The second-order valence-corrected chi connectivity index (χ2v) is 8.34. The van der Waals surface area contributed by atoms with Crippen LogP contribution in [0.5, 0.6) is 0 Å². The first-order chi connectivity index (χ1) is 8.67. The van der Waals surface area contributed by atoms with E-state index in [4.69, 9.17) is 4.98 Å². The maximum Gasteiger partial charge on any atom is 0.107 e. The van der Waals surface area contributed by atoms with Crippen LogP contribution in [0.4, 0.5) is 0 Å². The Labute approximate surface area is 121 Å². The summed E-state index contributed by atoms with van der Waals surface area (Å²) >= 11 is 1.80. The summed E-state index contributed by atoms with van der Waals surface area (Å²) in [4.78, 5) is 7.36. The lowest BCUT2D eigenvalue weighted by Crippen LogP contribution is -2.60. The van der Waals surface area contributed by atoms with Crippen LogP contribution in [-0.4, -0.2) is 34.6 Å². The highest BCUT2D eigenvalue weighted by atomic mass is 32.1. The fourth-order valence-electron chi connectivity index (χ4n) is 2.39. The molecule has 19 heavy (non-hydrogen) atoms. The zero-order valence-electron chi connectivity index (χ0n) is 13.1. The third-order valence-electron chi connectivity index (χ3n) is 3.76. The molecule has 0 saturated carbocycles. The topological polar surface area (TPSA) is 28.2 Å². The second-order valence-electron chi connectivity index (χ2n) is 7.40. The first kappa shape index (κ1) is 14.9. The zero-order valence-corrected chi connectivity index (χ0v) is 13.9. The number of nitrogens with one attached hydrogen (secondary N) is 1. The van der Waals surface area contributed by atoms with Crippen LogP contribution in [0, 0.1) is 0 Å². The third kappa shape index (κ3) is 3.77. The molecule has 0 bridgehead atoms. The molecule has 1 atom stereocenters. The average molecular weight is 281 g/mol. The number of hydrogen-bond donors (Lipinski definition) is 1. The number of nitrogens with zero attached hydrogens (tertiary/aromatic N) is 2. The van der Waals surface area contributed by atoms with Gasteiger partial charge in [-0.15, -0.1) is 11.3 Å². The number of rotatable bonds is 2. The van der Waals surface area contributed by atoms with Crippen molar-refractivity contribution in [1.29, 1.82) is 0 Å². The normalized spacial score (nSPS) is 24.6. The summed E-state index contributed by atoms with van der Waals surface area (Å²) < 4.78 is 0. The van der Waals surface area contributed by atoms with E-state index in [-0.39, 0.29) is 11.0 Å². The molecule has 1 aromatic heterocycles. The van der Waals surface area contributed by atoms with Crippen LogP contribution in [0.25, 0.3) is 0 Å². The Kier molecular flexibility index (Phi) is 4.05. The quantitative estimate of drug-likeness (QED) is 0.903. The highest BCUT2D eigenvalue weighted by Crippen LogP contribution is 2.25. The average Bonchev–Trinajstić information content (AvgIpc) is 2.71. The summed E-state index contributed by atoms with van der Waals surface area (Å²) in [7, 11) is 0. The lowest BCUT2D eigenvalue weighted by Gasteiger charge is -2.43. The summed E-state index contributed by atoms with van der Waals surface area (Å²) in [6.07, 6.45) is 0. The van der Waals surface area contributed by atoms with Crippen LogP contribution < -0.4 is 5.32 Å². The van der Waals surface area contributed by atoms with Crippen molar-refractivity contribution in [1.82, 2.24) is 15.2 Å². The lowest BCUT2D eigenvalue weighted by molar-refractivity contribution is 0.0976. The van der Waals surface area contributed by atoms with E-state index in [1.165, 1.54) is 10.7 Å². The van der Waals surface area contributed by atoms with E-state index >= 15 is 0 Å². The van der Waals surface area contributed by atoms with Crippen molar-refractivity contribution in [2.45, 2.75) is 65.1 Å². The summed E-state index contributed by atoms with van der Waals surface area (Å²) in [5.74, 6) is 0. The van der Waals surface area contributed by atoms with Gasteiger partial charge in [-0.2, -0.15) is 0 Å². The van der Waals surface area contributed by atoms with Crippen LogP contribution in [-0.2, 0) is 12.0 Å². The van der Waals surface area contributed by atoms with Gasteiger partial charge in [0.25, 0.3) is 0 Å². The summed E-state index contributed by atoms with van der Waals surface area (Å²) in [6.45, 7) is 16.6. The predicted octanol–water partition coefficient (Wildman–Crippen LogP) is 3.01. The van der Waals surface area contributed by atoms with Crippen LogP contribution in [0.3, 0.4) is 0 Å². The molecule has 0 radical (unpaired) electrons. The van der Waals surface area contributed by atoms with E-state index in [1.807, 2.05) is 0 Å². The minimum absolute atomic E-state index is 0.156. The Morgan fingerprint density at radius 1 is 1.47 bits per heavy atom. The van der Waals surface area contributed by atoms with Crippen LogP contribution in [0.2, 0.25) is 0 Å². The van der Waals surface area contributed by atoms with Gasteiger partial charge >= 0.3 is 0 Å². The smallest absolute Gasteiger partial charge is 0.107 e. The van der Waals surface area contributed by atoms with Crippen LogP contribution in [0.15, 0.2) is 5.38 Å². The molecule has 2 heterocycles. The number of aromatic nitrogens is 1. The van der Waals surface area contributed by atoms with Crippen molar-refractivity contribution in [2.75, 3.05) is 13.1 Å². The molecule has 1 aliphatic heterocycles. The van der Waals surface area contributed by atoms with Crippen LogP contribution in [0.1, 0.15) is 52.2 Å². The van der Waals surface area contributed by atoms with E-state index in [9.17, 15) is 0 Å². The van der Waals surface area contributed by atoms with Crippen LogP contribution >= 0.6 is 11.3 Å². The first-order valence-electron chi connectivity index (χ1n) is 7.11. The van der Waals surface area contributed by atoms with Gasteiger partial charge in [-0.05, 0) is 20.8 Å². The van der Waals surface area contributed by atoms with Gasteiger partial charge in [0, 0.05) is 35.5 Å². The molecule has 1 aliphatic rings. The molecule has 4 heteroatoms. The van der Waals surface area contributed by atoms with E-state index < -0.39 is 0 Å². The molecule has 3 nitrogen and oxygen atoms in total. The second kappa shape index (κ2) is 5.15. The molecule has 1 saturated heterocycles. The van der Waals surface area contributed by atoms with Crippen molar-refractivity contribution in [3.8, 4) is 0 Å².